The number of hydrogen-bond acceptors (Lipinski definition) is 6. The summed E-state index contributed by atoms with van der Waals surface area (Å²) in [5, 5.41) is 3.24. The zero-order valence-corrected chi connectivity index (χ0v) is 18.9. The van der Waals surface area contributed by atoms with Crippen molar-refractivity contribution in [2.45, 2.75) is 11.8 Å². The lowest BCUT2D eigenvalue weighted by Gasteiger charge is -2.34. The van der Waals surface area contributed by atoms with Gasteiger partial charge in [-0.3, -0.25) is 9.59 Å². The number of benzene rings is 2. The summed E-state index contributed by atoms with van der Waals surface area (Å²) >= 11 is 5.83. The molecule has 0 radical (unpaired) electrons. The molecule has 0 atom stereocenters. The topological polar surface area (TPSA) is 105 Å². The molecule has 2 heterocycles. The van der Waals surface area contributed by atoms with Crippen LogP contribution in [-0.4, -0.2) is 68.8 Å². The van der Waals surface area contributed by atoms with Crippen molar-refractivity contribution < 1.29 is 27.5 Å². The van der Waals surface area contributed by atoms with Crippen LogP contribution in [-0.2, 0) is 19.6 Å². The van der Waals surface area contributed by atoms with Crippen molar-refractivity contribution in [3.63, 3.8) is 0 Å². The van der Waals surface area contributed by atoms with Crippen LogP contribution in [0, 0.1) is 6.92 Å². The highest BCUT2D eigenvalue weighted by Gasteiger charge is 2.32. The summed E-state index contributed by atoms with van der Waals surface area (Å²) in [5.41, 5.74) is 0.957. The Kier molecular flexibility index (Phi) is 6.27. The molecule has 2 aliphatic heterocycles. The summed E-state index contributed by atoms with van der Waals surface area (Å²) in [6, 6.07) is 9.73. The molecule has 4 rings (SSSR count). The Morgan fingerprint density at radius 1 is 1.16 bits per heavy atom. The lowest BCUT2D eigenvalue weighted by atomic mass is 10.2. The number of ether oxygens (including phenoxy) is 2. The fourth-order valence-corrected chi connectivity index (χ4v) is 5.35. The molecule has 2 aromatic carbocycles. The van der Waals surface area contributed by atoms with Crippen LogP contribution in [0.2, 0.25) is 5.02 Å². The average molecular weight is 480 g/mol. The summed E-state index contributed by atoms with van der Waals surface area (Å²) in [6.07, 6.45) is 0. The van der Waals surface area contributed by atoms with Gasteiger partial charge in [0.05, 0.1) is 10.6 Å². The maximum Gasteiger partial charge on any atom is 0.262 e. The first-order valence-corrected chi connectivity index (χ1v) is 11.8. The minimum Gasteiger partial charge on any atom is -0.484 e. The van der Waals surface area contributed by atoms with Crippen LogP contribution >= 0.6 is 11.6 Å². The fraction of sp³-hybridized carbons (Fsp3) is 0.333. The lowest BCUT2D eigenvalue weighted by molar-refractivity contribution is -0.134. The van der Waals surface area contributed by atoms with Gasteiger partial charge >= 0.3 is 0 Å². The second-order valence-electron chi connectivity index (χ2n) is 7.48. The Balaban J connectivity index is 1.38. The minimum absolute atomic E-state index is 0.123. The first-order chi connectivity index (χ1) is 15.2. The van der Waals surface area contributed by atoms with Gasteiger partial charge in [0.1, 0.15) is 11.5 Å². The van der Waals surface area contributed by atoms with Crippen molar-refractivity contribution in [3.05, 3.63) is 47.0 Å². The van der Waals surface area contributed by atoms with Gasteiger partial charge in [0, 0.05) is 37.3 Å². The molecule has 0 aromatic heterocycles. The predicted molar refractivity (Wildman–Crippen MR) is 118 cm³/mol. The van der Waals surface area contributed by atoms with E-state index in [9.17, 15) is 18.0 Å². The maximum absolute atomic E-state index is 13.2. The van der Waals surface area contributed by atoms with E-state index in [1.165, 1.54) is 10.4 Å². The Morgan fingerprint density at radius 3 is 2.53 bits per heavy atom. The van der Waals surface area contributed by atoms with Gasteiger partial charge in [-0.25, -0.2) is 8.42 Å². The first kappa shape index (κ1) is 22.4. The molecule has 0 saturated carbocycles. The van der Waals surface area contributed by atoms with E-state index < -0.39 is 10.0 Å². The number of carbonyl (C=O) groups is 2. The van der Waals surface area contributed by atoms with Crippen LogP contribution in [0.25, 0.3) is 0 Å². The number of halogens is 1. The van der Waals surface area contributed by atoms with Crippen LogP contribution < -0.4 is 14.8 Å². The van der Waals surface area contributed by atoms with Crippen molar-refractivity contribution in [2.75, 3.05) is 44.7 Å². The van der Waals surface area contributed by atoms with Crippen molar-refractivity contribution in [1.29, 1.82) is 0 Å². The molecule has 170 valence electrons. The second-order valence-corrected chi connectivity index (χ2v) is 9.82. The van der Waals surface area contributed by atoms with Gasteiger partial charge in [0.2, 0.25) is 10.0 Å². The van der Waals surface area contributed by atoms with Crippen LogP contribution in [0.3, 0.4) is 0 Å². The van der Waals surface area contributed by atoms with E-state index in [4.69, 9.17) is 21.1 Å². The van der Waals surface area contributed by atoms with E-state index >= 15 is 0 Å². The van der Waals surface area contributed by atoms with Gasteiger partial charge in [-0.05, 0) is 42.8 Å². The van der Waals surface area contributed by atoms with E-state index in [1.807, 2.05) is 0 Å². The Bertz CT molecular complexity index is 1140. The number of aryl methyl sites for hydroxylation is 1. The molecule has 32 heavy (non-hydrogen) atoms. The number of piperazine rings is 1. The normalized spacial score (nSPS) is 16.7. The molecule has 0 aliphatic carbocycles. The summed E-state index contributed by atoms with van der Waals surface area (Å²) < 4.78 is 38.6. The van der Waals surface area contributed by atoms with E-state index in [2.05, 4.69) is 5.32 Å². The summed E-state index contributed by atoms with van der Waals surface area (Å²) in [7, 11) is -3.79. The van der Waals surface area contributed by atoms with E-state index in [1.54, 1.807) is 42.2 Å². The molecule has 0 spiro atoms. The number of hydrogen-bond donors (Lipinski definition) is 1. The molecule has 9 nitrogen and oxygen atoms in total. The number of amides is 2. The van der Waals surface area contributed by atoms with Gasteiger partial charge < -0.3 is 19.7 Å². The molecule has 1 saturated heterocycles. The lowest BCUT2D eigenvalue weighted by Crippen LogP contribution is -2.51. The summed E-state index contributed by atoms with van der Waals surface area (Å²) in [5.74, 6) is 0.353. The third kappa shape index (κ3) is 4.67. The molecule has 0 unspecified atom stereocenters. The average Bonchev–Trinajstić information content (AvgIpc) is 2.78. The number of anilines is 1. The quantitative estimate of drug-likeness (QED) is 0.702. The van der Waals surface area contributed by atoms with Crippen LogP contribution in [0.15, 0.2) is 41.3 Å². The van der Waals surface area contributed by atoms with Crippen LogP contribution in [0.1, 0.15) is 5.56 Å². The molecule has 2 aliphatic rings. The van der Waals surface area contributed by atoms with Gasteiger partial charge in [-0.2, -0.15) is 4.31 Å². The van der Waals surface area contributed by atoms with E-state index in [-0.39, 0.29) is 56.1 Å². The third-order valence-corrected chi connectivity index (χ3v) is 7.59. The van der Waals surface area contributed by atoms with Crippen molar-refractivity contribution in [2.24, 2.45) is 0 Å². The SMILES string of the molecule is Cc1cc2c(cc1S(=O)(=O)N1CCN(C(=O)COc3ccc(Cl)cc3)CC1)OCC(=O)N2. The van der Waals surface area contributed by atoms with Gasteiger partial charge in [0.15, 0.2) is 13.2 Å². The molecule has 1 N–H and O–H groups in total. The second kappa shape index (κ2) is 8.97. The summed E-state index contributed by atoms with van der Waals surface area (Å²) in [6.45, 7) is 2.24. The van der Waals surface area contributed by atoms with Gasteiger partial charge in [-0.15, -0.1) is 0 Å². The van der Waals surface area contributed by atoms with E-state index in [0.717, 1.165) is 0 Å². The highest BCUT2D eigenvalue weighted by atomic mass is 35.5. The number of fused-ring (bicyclic) bond motifs is 1. The van der Waals surface area contributed by atoms with Crippen LogP contribution in [0.5, 0.6) is 11.5 Å². The number of carbonyl (C=O) groups excluding carboxylic acids is 2. The van der Waals surface area contributed by atoms with Crippen molar-refractivity contribution >= 4 is 39.1 Å². The first-order valence-electron chi connectivity index (χ1n) is 9.97. The number of nitrogens with one attached hydrogen (secondary N) is 1. The smallest absolute Gasteiger partial charge is 0.262 e. The molecule has 2 amide bonds. The molecule has 1 fully saturated rings. The molecular weight excluding hydrogens is 458 g/mol. The number of rotatable bonds is 5. The number of nitrogens with zero attached hydrogens (tertiary/aromatic N) is 2. The highest BCUT2D eigenvalue weighted by molar-refractivity contribution is 7.89. The van der Waals surface area contributed by atoms with Gasteiger partial charge in [-0.1, -0.05) is 11.6 Å². The Hall–Kier alpha value is -2.82. The molecule has 11 heteroatoms. The van der Waals surface area contributed by atoms with Crippen LogP contribution in [0.4, 0.5) is 5.69 Å². The number of sulfonamides is 1. The highest BCUT2D eigenvalue weighted by Crippen LogP contribution is 2.34. The fourth-order valence-electron chi connectivity index (χ4n) is 3.58. The Labute approximate surface area is 190 Å². The van der Waals surface area contributed by atoms with Crippen molar-refractivity contribution in [3.8, 4) is 11.5 Å². The minimum atomic E-state index is -3.79. The Morgan fingerprint density at radius 2 is 1.84 bits per heavy atom. The van der Waals surface area contributed by atoms with Crippen molar-refractivity contribution in [1.82, 2.24) is 9.21 Å². The zero-order chi connectivity index (χ0) is 22.9. The third-order valence-electron chi connectivity index (χ3n) is 5.30. The summed E-state index contributed by atoms with van der Waals surface area (Å²) in [4.78, 5) is 25.7. The monoisotopic (exact) mass is 479 g/mol. The van der Waals surface area contributed by atoms with E-state index in [0.29, 0.717) is 27.8 Å². The predicted octanol–water partition coefficient (Wildman–Crippen LogP) is 1.89. The maximum atomic E-state index is 13.2. The molecule has 2 aromatic rings. The standard InChI is InChI=1S/C21H22ClN3O6S/c1-14-10-17-18(31-12-20(26)23-17)11-19(14)32(28,29)25-8-6-24(7-9-25)21(27)13-30-16-4-2-15(22)3-5-16/h2-5,10-11H,6-9,12-13H2,1H3,(H,23,26). The molecule has 0 bridgehead atoms. The van der Waals surface area contributed by atoms with Gasteiger partial charge in [0.25, 0.3) is 11.8 Å². The molecular formula is C21H22ClN3O6S. The largest absolute Gasteiger partial charge is 0.484 e. The zero-order valence-electron chi connectivity index (χ0n) is 17.3.